The monoisotopic (exact) mass is 375 g/mol. The fourth-order valence-corrected chi connectivity index (χ4v) is 3.98. The first-order valence-corrected chi connectivity index (χ1v) is 9.80. The lowest BCUT2D eigenvalue weighted by atomic mass is 9.87. The Kier molecular flexibility index (Phi) is 5.70. The first-order chi connectivity index (χ1) is 13.7. The highest BCUT2D eigenvalue weighted by Crippen LogP contribution is 2.29. The van der Waals surface area contributed by atoms with E-state index in [4.69, 9.17) is 9.84 Å². The molecule has 28 heavy (non-hydrogen) atoms. The maximum Gasteiger partial charge on any atom is 0.307 e. The highest BCUT2D eigenvalue weighted by atomic mass is 16.5. The summed E-state index contributed by atoms with van der Waals surface area (Å²) in [7, 11) is 0. The Morgan fingerprint density at radius 2 is 1.75 bits per heavy atom. The van der Waals surface area contributed by atoms with Crippen LogP contribution in [0.3, 0.4) is 0 Å². The Bertz CT molecular complexity index is 951. The van der Waals surface area contributed by atoms with Gasteiger partial charge in [0.05, 0.1) is 19.1 Å². The van der Waals surface area contributed by atoms with Crippen molar-refractivity contribution in [2.45, 2.75) is 31.5 Å². The van der Waals surface area contributed by atoms with Crippen LogP contribution in [0.2, 0.25) is 0 Å². The molecule has 4 nitrogen and oxygen atoms in total. The second kappa shape index (κ2) is 8.55. The normalized spacial score (nSPS) is 19.6. The van der Waals surface area contributed by atoms with Crippen molar-refractivity contribution in [1.29, 1.82) is 0 Å². The summed E-state index contributed by atoms with van der Waals surface area (Å²) >= 11 is 0. The van der Waals surface area contributed by atoms with E-state index in [0.29, 0.717) is 12.5 Å². The van der Waals surface area contributed by atoms with Crippen LogP contribution in [0.5, 0.6) is 0 Å². The predicted molar refractivity (Wildman–Crippen MR) is 111 cm³/mol. The van der Waals surface area contributed by atoms with Crippen molar-refractivity contribution in [3.05, 3.63) is 83.4 Å². The van der Waals surface area contributed by atoms with E-state index < -0.39 is 5.97 Å². The number of benzene rings is 3. The molecule has 1 aliphatic rings. The van der Waals surface area contributed by atoms with E-state index in [0.717, 1.165) is 25.1 Å². The summed E-state index contributed by atoms with van der Waals surface area (Å²) in [6.45, 7) is 2.39. The molecule has 2 unspecified atom stereocenters. The van der Waals surface area contributed by atoms with Gasteiger partial charge in [-0.2, -0.15) is 0 Å². The van der Waals surface area contributed by atoms with Gasteiger partial charge >= 0.3 is 5.97 Å². The van der Waals surface area contributed by atoms with Crippen molar-refractivity contribution >= 4 is 16.7 Å². The van der Waals surface area contributed by atoms with Crippen LogP contribution in [0.25, 0.3) is 10.8 Å². The van der Waals surface area contributed by atoms with Crippen LogP contribution >= 0.6 is 0 Å². The lowest BCUT2D eigenvalue weighted by Crippen LogP contribution is -2.40. The summed E-state index contributed by atoms with van der Waals surface area (Å²) in [6, 6.07) is 22.8. The molecule has 0 bridgehead atoms. The number of carboxylic acid groups (broad SMARTS) is 1. The molecule has 0 amide bonds. The molecule has 3 aromatic rings. The second-order valence-electron chi connectivity index (χ2n) is 7.44. The molecule has 1 saturated heterocycles. The van der Waals surface area contributed by atoms with Crippen molar-refractivity contribution in [2.75, 3.05) is 13.1 Å². The van der Waals surface area contributed by atoms with Gasteiger partial charge in [0, 0.05) is 12.5 Å². The number of carbonyl (C=O) groups is 1. The van der Waals surface area contributed by atoms with Crippen LogP contribution in [0, 0.1) is 0 Å². The molecule has 4 heteroatoms. The lowest BCUT2D eigenvalue weighted by molar-refractivity contribution is -0.136. The van der Waals surface area contributed by atoms with Gasteiger partial charge in [0.1, 0.15) is 0 Å². The highest BCUT2D eigenvalue weighted by Gasteiger charge is 2.27. The molecule has 1 aliphatic heterocycles. The number of piperidine rings is 1. The molecule has 0 radical (unpaired) electrons. The molecular formula is C24H25NO3. The summed E-state index contributed by atoms with van der Waals surface area (Å²) < 4.78 is 6.32. The van der Waals surface area contributed by atoms with E-state index in [2.05, 4.69) is 59.9 Å². The summed E-state index contributed by atoms with van der Waals surface area (Å²) in [6.07, 6.45) is 1.18. The standard InChI is InChI=1S/C24H25NO3/c26-24(27)14-17-5-9-20(10-6-17)22-11-12-25-15-23(22)28-16-18-7-8-19-3-1-2-4-21(19)13-18/h1-10,13,22-23,25H,11-12,14-16H2,(H,26,27). The Balaban J connectivity index is 1.45. The van der Waals surface area contributed by atoms with E-state index in [1.807, 2.05) is 12.1 Å². The maximum absolute atomic E-state index is 10.9. The number of carboxylic acids is 1. The quantitative estimate of drug-likeness (QED) is 0.680. The molecule has 4 rings (SSSR count). The van der Waals surface area contributed by atoms with Gasteiger partial charge < -0.3 is 15.2 Å². The molecular weight excluding hydrogens is 350 g/mol. The van der Waals surface area contributed by atoms with E-state index in [1.165, 1.54) is 21.9 Å². The molecule has 2 N–H and O–H groups in total. The first-order valence-electron chi connectivity index (χ1n) is 9.80. The Labute approximate surface area is 165 Å². The van der Waals surface area contributed by atoms with Gasteiger partial charge in [-0.05, 0) is 46.5 Å². The minimum absolute atomic E-state index is 0.0639. The zero-order valence-corrected chi connectivity index (χ0v) is 15.8. The van der Waals surface area contributed by atoms with Crippen LogP contribution in [0.4, 0.5) is 0 Å². The SMILES string of the molecule is O=C(O)Cc1ccc(C2CCNCC2OCc2ccc3ccccc3c2)cc1. The van der Waals surface area contributed by atoms with Crippen molar-refractivity contribution in [3.63, 3.8) is 0 Å². The number of ether oxygens (including phenoxy) is 1. The molecule has 0 aliphatic carbocycles. The van der Waals surface area contributed by atoms with Gasteiger partial charge in [-0.15, -0.1) is 0 Å². The van der Waals surface area contributed by atoms with E-state index in [9.17, 15) is 4.79 Å². The van der Waals surface area contributed by atoms with Crippen molar-refractivity contribution in [2.24, 2.45) is 0 Å². The molecule has 0 spiro atoms. The van der Waals surface area contributed by atoms with E-state index in [-0.39, 0.29) is 12.5 Å². The summed E-state index contributed by atoms with van der Waals surface area (Å²) in [5, 5.41) is 14.9. The third kappa shape index (κ3) is 4.41. The van der Waals surface area contributed by atoms with Crippen LogP contribution in [0.1, 0.15) is 29.0 Å². The Morgan fingerprint density at radius 1 is 1.00 bits per heavy atom. The summed E-state index contributed by atoms with van der Waals surface area (Å²) in [4.78, 5) is 10.9. The molecule has 3 aromatic carbocycles. The van der Waals surface area contributed by atoms with Crippen molar-refractivity contribution in [3.8, 4) is 0 Å². The number of fused-ring (bicyclic) bond motifs is 1. The largest absolute Gasteiger partial charge is 0.481 e. The van der Waals surface area contributed by atoms with E-state index in [1.54, 1.807) is 0 Å². The average molecular weight is 375 g/mol. The lowest BCUT2D eigenvalue weighted by Gasteiger charge is -2.32. The van der Waals surface area contributed by atoms with Gasteiger partial charge in [0.2, 0.25) is 0 Å². The zero-order chi connectivity index (χ0) is 19.3. The minimum atomic E-state index is -0.800. The topological polar surface area (TPSA) is 58.6 Å². The van der Waals surface area contributed by atoms with Gasteiger partial charge in [0.15, 0.2) is 0 Å². The number of rotatable bonds is 6. The minimum Gasteiger partial charge on any atom is -0.481 e. The van der Waals surface area contributed by atoms with E-state index >= 15 is 0 Å². The third-order valence-electron chi connectivity index (χ3n) is 5.47. The fraction of sp³-hybridized carbons (Fsp3) is 0.292. The molecule has 1 fully saturated rings. The fourth-order valence-electron chi connectivity index (χ4n) is 3.98. The Morgan fingerprint density at radius 3 is 2.54 bits per heavy atom. The first kappa shape index (κ1) is 18.7. The number of hydrogen-bond donors (Lipinski definition) is 2. The zero-order valence-electron chi connectivity index (χ0n) is 15.8. The highest BCUT2D eigenvalue weighted by molar-refractivity contribution is 5.82. The third-order valence-corrected chi connectivity index (χ3v) is 5.47. The van der Waals surface area contributed by atoms with Gasteiger partial charge in [-0.3, -0.25) is 4.79 Å². The smallest absolute Gasteiger partial charge is 0.307 e. The Hall–Kier alpha value is -2.69. The molecule has 2 atom stereocenters. The average Bonchev–Trinajstić information content (AvgIpc) is 2.72. The predicted octanol–water partition coefficient (Wildman–Crippen LogP) is 4.13. The van der Waals surface area contributed by atoms with Gasteiger partial charge in [0.25, 0.3) is 0 Å². The van der Waals surface area contributed by atoms with Crippen LogP contribution in [-0.4, -0.2) is 30.3 Å². The van der Waals surface area contributed by atoms with Crippen LogP contribution in [-0.2, 0) is 22.6 Å². The number of aliphatic carboxylic acids is 1. The van der Waals surface area contributed by atoms with Crippen LogP contribution < -0.4 is 5.32 Å². The maximum atomic E-state index is 10.9. The number of hydrogen-bond acceptors (Lipinski definition) is 3. The van der Waals surface area contributed by atoms with Gasteiger partial charge in [-0.1, -0.05) is 60.7 Å². The molecule has 0 aromatic heterocycles. The molecule has 1 heterocycles. The summed E-state index contributed by atoms with van der Waals surface area (Å²) in [5.74, 6) is -0.480. The van der Waals surface area contributed by atoms with Gasteiger partial charge in [-0.25, -0.2) is 0 Å². The molecule has 0 saturated carbocycles. The van der Waals surface area contributed by atoms with Crippen LogP contribution in [0.15, 0.2) is 66.7 Å². The summed E-state index contributed by atoms with van der Waals surface area (Å²) in [5.41, 5.74) is 3.23. The number of nitrogens with one attached hydrogen (secondary N) is 1. The molecule has 144 valence electrons. The van der Waals surface area contributed by atoms with Crippen molar-refractivity contribution < 1.29 is 14.6 Å². The van der Waals surface area contributed by atoms with Crippen molar-refractivity contribution in [1.82, 2.24) is 5.32 Å². The second-order valence-corrected chi connectivity index (χ2v) is 7.44.